The van der Waals surface area contributed by atoms with E-state index in [1.165, 1.54) is 306 Å². The molecule has 1 aliphatic rings. The van der Waals surface area contributed by atoms with Crippen molar-refractivity contribution in [3.63, 3.8) is 0 Å². The average Bonchev–Trinajstić information content (AvgIpc) is 3.19. The minimum absolute atomic E-state index is 0.985. The standard InChI is InChI=1S/C52H104S2/c1-3-5-7-9-11-13-15-17-19-21-23-25-27-29-31-33-35-37-39-41-47-53-49-46-51-44-43-45-52(50-51)54-48-42-40-38-36-34-32-30-28-26-24-22-20-18-16-14-12-10-8-6-4-2/h51-52H,3-50H2,1-2H3. The van der Waals surface area contributed by atoms with Crippen LogP contribution < -0.4 is 0 Å². The maximum absolute atomic E-state index is 2.35. The van der Waals surface area contributed by atoms with Gasteiger partial charge in [-0.15, -0.1) is 0 Å². The van der Waals surface area contributed by atoms with E-state index in [2.05, 4.69) is 37.4 Å². The number of hydrogen-bond donors (Lipinski definition) is 0. The molecule has 0 saturated heterocycles. The Kier molecular flexibility index (Phi) is 45.3. The molecule has 0 aromatic carbocycles. The highest BCUT2D eigenvalue weighted by atomic mass is 32.2. The molecule has 0 N–H and O–H groups in total. The fourth-order valence-electron chi connectivity index (χ4n) is 9.07. The molecule has 0 amide bonds. The first kappa shape index (κ1) is 52.7. The Hall–Kier alpha value is 0.700. The maximum atomic E-state index is 2.35. The fraction of sp³-hybridized carbons (Fsp3) is 1.00. The number of hydrogen-bond acceptors (Lipinski definition) is 2. The van der Waals surface area contributed by atoms with E-state index in [0.29, 0.717) is 0 Å². The second-order valence-corrected chi connectivity index (χ2v) is 21.0. The number of unbranched alkanes of at least 4 members (excludes halogenated alkanes) is 38. The summed E-state index contributed by atoms with van der Waals surface area (Å²) in [6, 6.07) is 0. The molecule has 0 radical (unpaired) electrons. The van der Waals surface area contributed by atoms with Crippen LogP contribution in [0.25, 0.3) is 0 Å². The molecule has 0 aromatic rings. The molecule has 54 heavy (non-hydrogen) atoms. The van der Waals surface area contributed by atoms with E-state index < -0.39 is 0 Å². The van der Waals surface area contributed by atoms with Gasteiger partial charge in [-0.3, -0.25) is 0 Å². The second kappa shape index (κ2) is 46.4. The van der Waals surface area contributed by atoms with Crippen LogP contribution in [-0.2, 0) is 0 Å². The predicted molar refractivity (Wildman–Crippen MR) is 256 cm³/mol. The van der Waals surface area contributed by atoms with E-state index in [4.69, 9.17) is 0 Å². The lowest BCUT2D eigenvalue weighted by molar-refractivity contribution is 0.359. The molecular formula is C52H104S2. The zero-order chi connectivity index (χ0) is 38.5. The van der Waals surface area contributed by atoms with Crippen molar-refractivity contribution in [3.05, 3.63) is 0 Å². The fourth-order valence-corrected chi connectivity index (χ4v) is 11.6. The monoisotopic (exact) mass is 793 g/mol. The SMILES string of the molecule is CCCCCCCCCCCCCCCCCCCCCCSCCC1CCCC(SCCCCCCCCCCCCCCCCCCCCCC)C1. The molecule has 0 aliphatic heterocycles. The summed E-state index contributed by atoms with van der Waals surface area (Å²) in [6.07, 6.45) is 66.8. The van der Waals surface area contributed by atoms with Gasteiger partial charge in [0.2, 0.25) is 0 Å². The topological polar surface area (TPSA) is 0 Å². The van der Waals surface area contributed by atoms with Crippen LogP contribution >= 0.6 is 23.5 Å². The third kappa shape index (κ3) is 40.9. The van der Waals surface area contributed by atoms with E-state index in [9.17, 15) is 0 Å². The average molecular weight is 794 g/mol. The number of rotatable bonds is 46. The highest BCUT2D eigenvalue weighted by molar-refractivity contribution is 7.99. The zero-order valence-corrected chi connectivity index (χ0v) is 39.5. The summed E-state index contributed by atoms with van der Waals surface area (Å²) >= 11 is 4.63. The molecule has 2 unspecified atom stereocenters. The molecule has 0 bridgehead atoms. The molecule has 0 nitrogen and oxygen atoms in total. The molecule has 2 heteroatoms. The first-order valence-electron chi connectivity index (χ1n) is 26.1. The van der Waals surface area contributed by atoms with Crippen LogP contribution in [0.2, 0.25) is 0 Å². The Morgan fingerprint density at radius 1 is 0.315 bits per heavy atom. The molecule has 1 rings (SSSR count). The van der Waals surface area contributed by atoms with Crippen LogP contribution in [-0.4, -0.2) is 22.5 Å². The minimum atomic E-state index is 0.985. The van der Waals surface area contributed by atoms with Crippen LogP contribution in [0.5, 0.6) is 0 Å². The predicted octanol–water partition coefficient (Wildman–Crippen LogP) is 20.0. The van der Waals surface area contributed by atoms with Crippen LogP contribution in [0.1, 0.15) is 303 Å². The summed E-state index contributed by atoms with van der Waals surface area (Å²) in [6.45, 7) is 4.63. The van der Waals surface area contributed by atoms with Crippen LogP contribution in [0.15, 0.2) is 0 Å². The van der Waals surface area contributed by atoms with Gasteiger partial charge in [-0.2, -0.15) is 23.5 Å². The Morgan fingerprint density at radius 3 is 0.944 bits per heavy atom. The third-order valence-corrected chi connectivity index (χ3v) is 15.4. The Labute approximate surface area is 353 Å². The Balaban J connectivity index is 1.73. The van der Waals surface area contributed by atoms with E-state index in [-0.39, 0.29) is 0 Å². The van der Waals surface area contributed by atoms with Gasteiger partial charge in [0, 0.05) is 5.25 Å². The van der Waals surface area contributed by atoms with Gasteiger partial charge in [0.25, 0.3) is 0 Å². The maximum Gasteiger partial charge on any atom is 0.00496 e. The van der Waals surface area contributed by atoms with Crippen molar-refractivity contribution in [1.82, 2.24) is 0 Å². The third-order valence-electron chi connectivity index (χ3n) is 12.9. The second-order valence-electron chi connectivity index (χ2n) is 18.4. The summed E-state index contributed by atoms with van der Waals surface area (Å²) < 4.78 is 0. The molecule has 0 heterocycles. The van der Waals surface area contributed by atoms with Crippen LogP contribution in [0, 0.1) is 5.92 Å². The minimum Gasteiger partial charge on any atom is -0.162 e. The van der Waals surface area contributed by atoms with Crippen molar-refractivity contribution in [2.45, 2.75) is 308 Å². The largest absolute Gasteiger partial charge is 0.162 e. The highest BCUT2D eigenvalue weighted by Crippen LogP contribution is 2.35. The summed E-state index contributed by atoms with van der Waals surface area (Å²) in [7, 11) is 0. The molecular weight excluding hydrogens is 689 g/mol. The molecule has 2 atom stereocenters. The lowest BCUT2D eigenvalue weighted by Gasteiger charge is -2.28. The van der Waals surface area contributed by atoms with E-state index in [1.54, 1.807) is 0 Å². The van der Waals surface area contributed by atoms with Gasteiger partial charge in [0.1, 0.15) is 0 Å². The molecule has 1 saturated carbocycles. The molecule has 0 spiro atoms. The highest BCUT2D eigenvalue weighted by Gasteiger charge is 2.21. The lowest BCUT2D eigenvalue weighted by Crippen LogP contribution is -2.18. The number of thioether (sulfide) groups is 2. The lowest BCUT2D eigenvalue weighted by atomic mass is 9.87. The van der Waals surface area contributed by atoms with Gasteiger partial charge in [-0.25, -0.2) is 0 Å². The van der Waals surface area contributed by atoms with Crippen molar-refractivity contribution >= 4 is 23.5 Å². The van der Waals surface area contributed by atoms with Gasteiger partial charge in [-0.05, 0) is 55.3 Å². The van der Waals surface area contributed by atoms with E-state index in [0.717, 1.165) is 11.2 Å². The Morgan fingerprint density at radius 2 is 0.611 bits per heavy atom. The first-order valence-corrected chi connectivity index (χ1v) is 28.3. The van der Waals surface area contributed by atoms with E-state index >= 15 is 0 Å². The van der Waals surface area contributed by atoms with Crippen LogP contribution in [0.4, 0.5) is 0 Å². The van der Waals surface area contributed by atoms with Crippen molar-refractivity contribution in [1.29, 1.82) is 0 Å². The van der Waals surface area contributed by atoms with Crippen molar-refractivity contribution in [3.8, 4) is 0 Å². The zero-order valence-electron chi connectivity index (χ0n) is 37.9. The van der Waals surface area contributed by atoms with Crippen molar-refractivity contribution < 1.29 is 0 Å². The van der Waals surface area contributed by atoms with Crippen molar-refractivity contribution in [2.75, 3.05) is 17.3 Å². The Bertz CT molecular complexity index is 663. The van der Waals surface area contributed by atoms with Crippen LogP contribution in [0.3, 0.4) is 0 Å². The molecule has 324 valence electrons. The van der Waals surface area contributed by atoms with Gasteiger partial charge in [0.15, 0.2) is 0 Å². The molecule has 0 aromatic heterocycles. The van der Waals surface area contributed by atoms with Gasteiger partial charge >= 0.3 is 0 Å². The van der Waals surface area contributed by atoms with Gasteiger partial charge in [0.05, 0.1) is 0 Å². The quantitative estimate of drug-likeness (QED) is 0.0563. The van der Waals surface area contributed by atoms with E-state index in [1.807, 2.05) is 0 Å². The summed E-state index contributed by atoms with van der Waals surface area (Å²) in [5, 5.41) is 0.985. The molecule has 1 aliphatic carbocycles. The summed E-state index contributed by atoms with van der Waals surface area (Å²) in [5.41, 5.74) is 0. The van der Waals surface area contributed by atoms with Crippen molar-refractivity contribution in [2.24, 2.45) is 5.92 Å². The first-order chi connectivity index (χ1) is 26.9. The summed E-state index contributed by atoms with van der Waals surface area (Å²) in [5.74, 6) is 5.32. The van der Waals surface area contributed by atoms with Gasteiger partial charge < -0.3 is 0 Å². The van der Waals surface area contributed by atoms with Gasteiger partial charge in [-0.1, -0.05) is 271 Å². The summed E-state index contributed by atoms with van der Waals surface area (Å²) in [4.78, 5) is 0. The molecule has 1 fully saturated rings. The smallest absolute Gasteiger partial charge is 0.00496 e. The normalized spacial score (nSPS) is 16.1.